The Labute approximate surface area is 177 Å². The van der Waals surface area contributed by atoms with E-state index in [1.165, 1.54) is 23.5 Å². The first-order valence-electron chi connectivity index (χ1n) is 9.70. The largest absolute Gasteiger partial charge is 0.478 e. The van der Waals surface area contributed by atoms with Crippen LogP contribution in [-0.4, -0.2) is 49.8 Å². The Morgan fingerprint density at radius 3 is 2.53 bits per heavy atom. The maximum atomic E-state index is 9.55. The molecule has 4 rings (SSSR count). The molecule has 0 atom stereocenters. The number of fused-ring (bicyclic) bond motifs is 1. The highest BCUT2D eigenvalue weighted by Gasteiger charge is 2.19. The minimum Gasteiger partial charge on any atom is -0.478 e. The van der Waals surface area contributed by atoms with Crippen molar-refractivity contribution in [2.24, 2.45) is 5.92 Å². The van der Waals surface area contributed by atoms with E-state index in [1.807, 2.05) is 12.3 Å². The van der Waals surface area contributed by atoms with Crippen molar-refractivity contribution in [2.75, 3.05) is 13.1 Å². The van der Waals surface area contributed by atoms with E-state index < -0.39 is 11.9 Å². The summed E-state index contributed by atoms with van der Waals surface area (Å²) in [5.74, 6) is -0.589. The third kappa shape index (κ3) is 6.23. The first kappa shape index (κ1) is 21.7. The maximum Gasteiger partial charge on any atom is 0.328 e. The van der Waals surface area contributed by atoms with Crippen LogP contribution in [0.15, 0.2) is 48.0 Å². The Morgan fingerprint density at radius 2 is 1.90 bits per heavy atom. The van der Waals surface area contributed by atoms with Crippen molar-refractivity contribution in [1.82, 2.24) is 19.9 Å². The summed E-state index contributed by atoms with van der Waals surface area (Å²) >= 11 is 1.80. The average Bonchev–Trinajstić information content (AvgIpc) is 3.37. The fourth-order valence-electron chi connectivity index (χ4n) is 3.37. The lowest BCUT2D eigenvalue weighted by Gasteiger charge is -2.22. The number of carboxylic acids is 2. The number of nitrogens with one attached hydrogen (secondary N) is 1. The van der Waals surface area contributed by atoms with Gasteiger partial charge in [-0.05, 0) is 55.4 Å². The molecule has 158 valence electrons. The Hall–Kier alpha value is -3.04. The quantitative estimate of drug-likeness (QED) is 0.517. The lowest BCUT2D eigenvalue weighted by atomic mass is 9.94. The van der Waals surface area contributed by atoms with Crippen LogP contribution < -0.4 is 5.32 Å². The number of thiophene rings is 1. The molecule has 8 nitrogen and oxygen atoms in total. The monoisotopic (exact) mass is 428 g/mol. The van der Waals surface area contributed by atoms with E-state index in [-0.39, 0.29) is 0 Å². The number of hydrogen-bond acceptors (Lipinski definition) is 6. The van der Waals surface area contributed by atoms with Crippen LogP contribution in [-0.2, 0) is 22.6 Å². The fraction of sp³-hybridized carbons (Fsp3) is 0.333. The van der Waals surface area contributed by atoms with Crippen molar-refractivity contribution in [1.29, 1.82) is 0 Å². The number of pyridine rings is 1. The highest BCUT2D eigenvalue weighted by molar-refractivity contribution is 7.09. The molecule has 0 radical (unpaired) electrons. The molecule has 4 heterocycles. The number of hydrogen-bond donors (Lipinski definition) is 3. The van der Waals surface area contributed by atoms with Crippen LogP contribution in [0.4, 0.5) is 0 Å². The smallest absolute Gasteiger partial charge is 0.328 e. The second-order valence-electron chi connectivity index (χ2n) is 6.95. The van der Waals surface area contributed by atoms with Gasteiger partial charge in [0.1, 0.15) is 11.3 Å². The molecule has 1 aliphatic heterocycles. The van der Waals surface area contributed by atoms with E-state index in [0.29, 0.717) is 12.2 Å². The summed E-state index contributed by atoms with van der Waals surface area (Å²) in [5, 5.41) is 21.2. The standard InChI is InChI=1S/C17H20N4S.C4H4O4/c1-4-15-17(19-7-1)21(12-14-3-2-10-22-14)16(20-15)11-13-5-8-18-9-6-13;5-3(6)1-2-4(7)8/h1-4,7,10,13,18H,5-6,8-9,11-12H2;1-2H,(H,5,6)(H,7,8)/b;2-1+. The van der Waals surface area contributed by atoms with Gasteiger partial charge >= 0.3 is 11.9 Å². The zero-order chi connectivity index (χ0) is 21.3. The summed E-state index contributed by atoms with van der Waals surface area (Å²) in [6.07, 6.45) is 6.53. The molecule has 0 saturated carbocycles. The SMILES string of the molecule is O=C(O)/C=C/C(=O)O.c1csc(Cn2c(CC3CCNCC3)nc3cccnc32)c1. The summed E-state index contributed by atoms with van der Waals surface area (Å²) < 4.78 is 2.31. The summed E-state index contributed by atoms with van der Waals surface area (Å²) in [6, 6.07) is 8.34. The molecule has 1 saturated heterocycles. The van der Waals surface area contributed by atoms with Gasteiger partial charge in [0.15, 0.2) is 5.65 Å². The lowest BCUT2D eigenvalue weighted by molar-refractivity contribution is -0.134. The highest BCUT2D eigenvalue weighted by Crippen LogP contribution is 2.23. The maximum absolute atomic E-state index is 9.55. The van der Waals surface area contributed by atoms with Gasteiger partial charge in [0.25, 0.3) is 0 Å². The molecule has 1 fully saturated rings. The van der Waals surface area contributed by atoms with Gasteiger partial charge in [-0.1, -0.05) is 6.07 Å². The molecule has 0 aliphatic carbocycles. The Bertz CT molecular complexity index is 991. The predicted octanol–water partition coefficient (Wildman–Crippen LogP) is 2.80. The second kappa shape index (κ2) is 10.7. The Kier molecular flexibility index (Phi) is 7.69. The second-order valence-corrected chi connectivity index (χ2v) is 7.98. The lowest BCUT2D eigenvalue weighted by Crippen LogP contribution is -2.29. The van der Waals surface area contributed by atoms with Gasteiger partial charge in [-0.2, -0.15) is 0 Å². The normalized spacial score (nSPS) is 14.5. The fourth-order valence-corrected chi connectivity index (χ4v) is 4.07. The molecule has 3 aromatic heterocycles. The van der Waals surface area contributed by atoms with Gasteiger partial charge in [-0.3, -0.25) is 0 Å². The summed E-state index contributed by atoms with van der Waals surface area (Å²) in [5.41, 5.74) is 2.03. The first-order valence-corrected chi connectivity index (χ1v) is 10.6. The van der Waals surface area contributed by atoms with Crippen LogP contribution in [0.5, 0.6) is 0 Å². The van der Waals surface area contributed by atoms with Crippen LogP contribution in [0.2, 0.25) is 0 Å². The molecular formula is C21H24N4O4S. The minimum absolute atomic E-state index is 0.558. The molecule has 0 aromatic carbocycles. The third-order valence-electron chi connectivity index (χ3n) is 4.78. The Balaban J connectivity index is 0.000000275. The van der Waals surface area contributed by atoms with E-state index in [9.17, 15) is 9.59 Å². The van der Waals surface area contributed by atoms with E-state index in [2.05, 4.69) is 38.4 Å². The number of aliphatic carboxylic acids is 2. The number of imidazole rings is 1. The van der Waals surface area contributed by atoms with Crippen molar-refractivity contribution in [3.8, 4) is 0 Å². The summed E-state index contributed by atoms with van der Waals surface area (Å²) in [4.78, 5) is 29.9. The van der Waals surface area contributed by atoms with Gasteiger partial charge < -0.3 is 20.1 Å². The number of piperidine rings is 1. The zero-order valence-electron chi connectivity index (χ0n) is 16.4. The van der Waals surface area contributed by atoms with Crippen LogP contribution in [0.1, 0.15) is 23.5 Å². The van der Waals surface area contributed by atoms with Gasteiger partial charge in [0, 0.05) is 29.6 Å². The van der Waals surface area contributed by atoms with E-state index >= 15 is 0 Å². The number of rotatable bonds is 6. The van der Waals surface area contributed by atoms with Crippen LogP contribution >= 0.6 is 11.3 Å². The number of aromatic nitrogens is 3. The molecule has 3 aromatic rings. The topological polar surface area (TPSA) is 117 Å². The van der Waals surface area contributed by atoms with Crippen LogP contribution in [0, 0.1) is 5.92 Å². The third-order valence-corrected chi connectivity index (χ3v) is 5.64. The average molecular weight is 429 g/mol. The molecule has 9 heteroatoms. The van der Waals surface area contributed by atoms with Crippen molar-refractivity contribution in [3.63, 3.8) is 0 Å². The Morgan fingerprint density at radius 1 is 1.17 bits per heavy atom. The van der Waals surface area contributed by atoms with Crippen molar-refractivity contribution in [2.45, 2.75) is 25.8 Å². The van der Waals surface area contributed by atoms with Crippen molar-refractivity contribution < 1.29 is 19.8 Å². The molecule has 0 spiro atoms. The number of carboxylic acid groups (broad SMARTS) is 2. The van der Waals surface area contributed by atoms with E-state index in [4.69, 9.17) is 15.2 Å². The molecule has 0 amide bonds. The summed E-state index contributed by atoms with van der Waals surface area (Å²) in [7, 11) is 0. The zero-order valence-corrected chi connectivity index (χ0v) is 17.2. The summed E-state index contributed by atoms with van der Waals surface area (Å²) in [6.45, 7) is 3.15. The molecule has 0 bridgehead atoms. The van der Waals surface area contributed by atoms with Crippen molar-refractivity contribution >= 4 is 34.4 Å². The molecule has 1 aliphatic rings. The first-order chi connectivity index (χ1) is 14.5. The highest BCUT2D eigenvalue weighted by atomic mass is 32.1. The van der Waals surface area contributed by atoms with Gasteiger partial charge in [-0.25, -0.2) is 19.6 Å². The molecular weight excluding hydrogens is 404 g/mol. The van der Waals surface area contributed by atoms with E-state index in [1.54, 1.807) is 11.3 Å². The van der Waals surface area contributed by atoms with Gasteiger partial charge in [0.05, 0.1) is 6.54 Å². The number of nitrogens with zero attached hydrogens (tertiary/aromatic N) is 3. The number of carbonyl (C=O) groups is 2. The minimum atomic E-state index is -1.26. The van der Waals surface area contributed by atoms with Gasteiger partial charge in [0.2, 0.25) is 0 Å². The molecule has 0 unspecified atom stereocenters. The molecule has 30 heavy (non-hydrogen) atoms. The van der Waals surface area contributed by atoms with Crippen molar-refractivity contribution in [3.05, 3.63) is 58.7 Å². The van der Waals surface area contributed by atoms with Crippen LogP contribution in [0.3, 0.4) is 0 Å². The van der Waals surface area contributed by atoms with E-state index in [0.717, 1.165) is 43.1 Å². The molecule has 3 N–H and O–H groups in total. The predicted molar refractivity (Wildman–Crippen MR) is 115 cm³/mol. The van der Waals surface area contributed by atoms with Gasteiger partial charge in [-0.15, -0.1) is 11.3 Å². The van der Waals surface area contributed by atoms with Crippen LogP contribution in [0.25, 0.3) is 11.2 Å².